The Labute approximate surface area is 141 Å². The third-order valence-corrected chi connectivity index (χ3v) is 4.12. The third-order valence-electron chi connectivity index (χ3n) is 4.12. The van der Waals surface area contributed by atoms with Gasteiger partial charge in [0.2, 0.25) is 0 Å². The maximum absolute atomic E-state index is 5.13. The van der Waals surface area contributed by atoms with Gasteiger partial charge in [-0.25, -0.2) is 15.0 Å². The summed E-state index contributed by atoms with van der Waals surface area (Å²) in [5.74, 6) is 2.56. The average Bonchev–Trinajstić information content (AvgIpc) is 3.08. The molecule has 2 aromatic heterocycles. The SMILES string of the molecule is CNc1cc(N2CCCC2CNc2cc(C)nc(OC)n2)ncn1. The van der Waals surface area contributed by atoms with Gasteiger partial charge in [0.25, 0.3) is 0 Å². The van der Waals surface area contributed by atoms with Crippen LogP contribution in [0.1, 0.15) is 18.5 Å². The predicted molar refractivity (Wildman–Crippen MR) is 93.8 cm³/mol. The molecule has 0 aromatic carbocycles. The van der Waals surface area contributed by atoms with Crippen LogP contribution in [-0.2, 0) is 0 Å². The quantitative estimate of drug-likeness (QED) is 0.828. The number of rotatable bonds is 6. The van der Waals surface area contributed by atoms with Crippen molar-refractivity contribution in [2.24, 2.45) is 0 Å². The maximum Gasteiger partial charge on any atom is 0.318 e. The van der Waals surface area contributed by atoms with Gasteiger partial charge in [-0.15, -0.1) is 0 Å². The number of nitrogens with zero attached hydrogens (tertiary/aromatic N) is 5. The van der Waals surface area contributed by atoms with Gasteiger partial charge in [0, 0.05) is 44.0 Å². The van der Waals surface area contributed by atoms with Crippen molar-refractivity contribution in [1.82, 2.24) is 19.9 Å². The highest BCUT2D eigenvalue weighted by atomic mass is 16.5. The van der Waals surface area contributed by atoms with Crippen molar-refractivity contribution < 1.29 is 4.74 Å². The van der Waals surface area contributed by atoms with E-state index in [-0.39, 0.29) is 0 Å². The van der Waals surface area contributed by atoms with E-state index in [9.17, 15) is 0 Å². The minimum absolute atomic E-state index is 0.367. The van der Waals surface area contributed by atoms with Crippen LogP contribution in [0.25, 0.3) is 0 Å². The molecule has 128 valence electrons. The van der Waals surface area contributed by atoms with E-state index in [2.05, 4.69) is 35.5 Å². The van der Waals surface area contributed by atoms with Crippen molar-refractivity contribution in [1.29, 1.82) is 0 Å². The fraction of sp³-hybridized carbons (Fsp3) is 0.500. The van der Waals surface area contributed by atoms with Gasteiger partial charge in [0.1, 0.15) is 23.8 Å². The Morgan fingerprint density at radius 2 is 2.12 bits per heavy atom. The zero-order valence-corrected chi connectivity index (χ0v) is 14.3. The molecule has 0 radical (unpaired) electrons. The smallest absolute Gasteiger partial charge is 0.318 e. The second kappa shape index (κ2) is 7.29. The van der Waals surface area contributed by atoms with Crippen LogP contribution in [0.3, 0.4) is 0 Å². The zero-order valence-electron chi connectivity index (χ0n) is 14.3. The van der Waals surface area contributed by atoms with Gasteiger partial charge >= 0.3 is 6.01 Å². The summed E-state index contributed by atoms with van der Waals surface area (Å²) in [7, 11) is 3.44. The highest BCUT2D eigenvalue weighted by Crippen LogP contribution is 2.25. The van der Waals surface area contributed by atoms with Gasteiger partial charge < -0.3 is 20.3 Å². The van der Waals surface area contributed by atoms with Crippen LogP contribution in [0, 0.1) is 6.92 Å². The van der Waals surface area contributed by atoms with Crippen molar-refractivity contribution in [3.05, 3.63) is 24.2 Å². The molecular weight excluding hydrogens is 306 g/mol. The summed E-state index contributed by atoms with van der Waals surface area (Å²) in [5, 5.41) is 6.46. The van der Waals surface area contributed by atoms with Crippen LogP contribution in [0.15, 0.2) is 18.5 Å². The molecule has 2 aromatic rings. The molecule has 1 saturated heterocycles. The largest absolute Gasteiger partial charge is 0.467 e. The Morgan fingerprint density at radius 1 is 1.25 bits per heavy atom. The van der Waals surface area contributed by atoms with Crippen molar-refractivity contribution in [2.75, 3.05) is 42.8 Å². The lowest BCUT2D eigenvalue weighted by Gasteiger charge is -2.26. The Kier molecular flexibility index (Phi) is 4.93. The van der Waals surface area contributed by atoms with Crippen molar-refractivity contribution in [3.8, 4) is 6.01 Å². The summed E-state index contributed by atoms with van der Waals surface area (Å²) in [5.41, 5.74) is 0.877. The molecule has 0 bridgehead atoms. The van der Waals surface area contributed by atoms with E-state index in [1.807, 2.05) is 26.1 Å². The molecule has 0 amide bonds. The fourth-order valence-corrected chi connectivity index (χ4v) is 2.94. The molecule has 0 spiro atoms. The van der Waals surface area contributed by atoms with Gasteiger partial charge in [-0.3, -0.25) is 0 Å². The molecule has 24 heavy (non-hydrogen) atoms. The second-order valence-electron chi connectivity index (χ2n) is 5.76. The topological polar surface area (TPSA) is 88.1 Å². The normalized spacial score (nSPS) is 17.0. The van der Waals surface area contributed by atoms with Gasteiger partial charge in [-0.1, -0.05) is 0 Å². The molecule has 3 heterocycles. The monoisotopic (exact) mass is 329 g/mol. The molecule has 8 nitrogen and oxygen atoms in total. The van der Waals surface area contributed by atoms with Crippen molar-refractivity contribution in [3.63, 3.8) is 0 Å². The summed E-state index contributed by atoms with van der Waals surface area (Å²) in [6, 6.07) is 4.66. The minimum Gasteiger partial charge on any atom is -0.467 e. The minimum atomic E-state index is 0.367. The molecule has 3 rings (SSSR count). The standard InChI is InChI=1S/C16H23N7O/c1-11-7-14(22-16(21-11)24-3)18-9-12-5-4-6-23(12)15-8-13(17-2)19-10-20-15/h7-8,10,12H,4-6,9H2,1-3H3,(H,17,19,20)(H,18,21,22). The Morgan fingerprint density at radius 3 is 2.92 bits per heavy atom. The molecule has 1 fully saturated rings. The van der Waals surface area contributed by atoms with Crippen molar-refractivity contribution in [2.45, 2.75) is 25.8 Å². The number of hydrogen-bond acceptors (Lipinski definition) is 8. The number of methoxy groups -OCH3 is 1. The van der Waals surface area contributed by atoms with E-state index >= 15 is 0 Å². The van der Waals surface area contributed by atoms with E-state index in [4.69, 9.17) is 4.74 Å². The maximum atomic E-state index is 5.13. The number of hydrogen-bond donors (Lipinski definition) is 2. The average molecular weight is 329 g/mol. The van der Waals surface area contributed by atoms with Crippen LogP contribution in [-0.4, -0.2) is 53.2 Å². The van der Waals surface area contributed by atoms with E-state index in [0.717, 1.165) is 49.1 Å². The summed E-state index contributed by atoms with van der Waals surface area (Å²) < 4.78 is 5.13. The molecule has 1 atom stereocenters. The summed E-state index contributed by atoms with van der Waals surface area (Å²) >= 11 is 0. The fourth-order valence-electron chi connectivity index (χ4n) is 2.94. The Bertz CT molecular complexity index is 694. The first-order chi connectivity index (χ1) is 11.7. The van der Waals surface area contributed by atoms with Crippen LogP contribution in [0.4, 0.5) is 17.5 Å². The number of ether oxygens (including phenoxy) is 1. The van der Waals surface area contributed by atoms with Crippen LogP contribution >= 0.6 is 0 Å². The lowest BCUT2D eigenvalue weighted by molar-refractivity contribution is 0.379. The summed E-state index contributed by atoms with van der Waals surface area (Å²) in [4.78, 5) is 19.5. The number of nitrogens with one attached hydrogen (secondary N) is 2. The molecule has 1 unspecified atom stereocenters. The number of anilines is 3. The van der Waals surface area contributed by atoms with Crippen LogP contribution < -0.4 is 20.3 Å². The van der Waals surface area contributed by atoms with Crippen LogP contribution in [0.2, 0.25) is 0 Å². The lowest BCUT2D eigenvalue weighted by Crippen LogP contribution is -2.35. The van der Waals surface area contributed by atoms with E-state index in [1.54, 1.807) is 13.4 Å². The predicted octanol–water partition coefficient (Wildman–Crippen LogP) is 1.71. The van der Waals surface area contributed by atoms with E-state index < -0.39 is 0 Å². The first-order valence-electron chi connectivity index (χ1n) is 8.09. The van der Waals surface area contributed by atoms with Gasteiger partial charge in [0.15, 0.2) is 0 Å². The Balaban J connectivity index is 1.69. The van der Waals surface area contributed by atoms with Gasteiger partial charge in [-0.2, -0.15) is 4.98 Å². The van der Waals surface area contributed by atoms with E-state index in [1.165, 1.54) is 0 Å². The first kappa shape index (κ1) is 16.2. The second-order valence-corrected chi connectivity index (χ2v) is 5.76. The molecular formula is C16H23N7O. The van der Waals surface area contributed by atoms with Gasteiger partial charge in [0.05, 0.1) is 7.11 Å². The summed E-state index contributed by atoms with van der Waals surface area (Å²) in [6.07, 6.45) is 3.87. The first-order valence-corrected chi connectivity index (χ1v) is 8.09. The molecule has 0 aliphatic carbocycles. The van der Waals surface area contributed by atoms with Gasteiger partial charge in [-0.05, 0) is 19.8 Å². The molecule has 0 saturated carbocycles. The Hall–Kier alpha value is -2.64. The van der Waals surface area contributed by atoms with Crippen molar-refractivity contribution >= 4 is 17.5 Å². The zero-order chi connectivity index (χ0) is 16.9. The number of aromatic nitrogens is 4. The highest BCUT2D eigenvalue weighted by molar-refractivity contribution is 5.50. The third kappa shape index (κ3) is 3.64. The number of aryl methyl sites for hydroxylation is 1. The lowest BCUT2D eigenvalue weighted by atomic mass is 10.2. The highest BCUT2D eigenvalue weighted by Gasteiger charge is 2.26. The summed E-state index contributed by atoms with van der Waals surface area (Å²) in [6.45, 7) is 3.72. The molecule has 2 N–H and O–H groups in total. The van der Waals surface area contributed by atoms with Crippen LogP contribution in [0.5, 0.6) is 6.01 Å². The van der Waals surface area contributed by atoms with E-state index in [0.29, 0.717) is 12.1 Å². The molecule has 1 aliphatic heterocycles. The molecule has 8 heteroatoms. The molecule has 1 aliphatic rings.